The largest absolute Gasteiger partial charge is 0.496 e. The maximum Gasteiger partial charge on any atom is 0.122 e. The maximum atomic E-state index is 5.46. The molecule has 1 atom stereocenters. The van der Waals surface area contributed by atoms with Crippen LogP contribution in [0.2, 0.25) is 0 Å². The molecule has 0 spiro atoms. The average Bonchev–Trinajstić information content (AvgIpc) is 2.60. The van der Waals surface area contributed by atoms with E-state index >= 15 is 0 Å². The lowest BCUT2D eigenvalue weighted by atomic mass is 9.87. The van der Waals surface area contributed by atoms with Gasteiger partial charge in [0.05, 0.1) is 7.11 Å². The minimum Gasteiger partial charge on any atom is -0.496 e. The highest BCUT2D eigenvalue weighted by Crippen LogP contribution is 2.30. The van der Waals surface area contributed by atoms with Crippen molar-refractivity contribution in [1.29, 1.82) is 0 Å². The van der Waals surface area contributed by atoms with Gasteiger partial charge in [-0.25, -0.2) is 0 Å². The average molecular weight is 549 g/mol. The van der Waals surface area contributed by atoms with Crippen LogP contribution in [0.15, 0.2) is 30.3 Å². The van der Waals surface area contributed by atoms with E-state index in [-0.39, 0.29) is 0 Å². The van der Waals surface area contributed by atoms with Crippen LogP contribution in [0, 0.1) is 20.8 Å². The fraction of sp³-hybridized carbons (Fsp3) is 0.400. The minimum absolute atomic E-state index is 0.399. The Morgan fingerprint density at radius 2 is 1.75 bits per heavy atom. The molecule has 2 aromatic rings. The Labute approximate surface area is 169 Å². The van der Waals surface area contributed by atoms with E-state index in [4.69, 9.17) is 4.74 Å². The second kappa shape index (κ2) is 9.38. The number of ether oxygens (including phenoxy) is 1. The SMILES string of the molecule is COc1cc(CC2NCCc3cc(C)c(C)cc32)ccc1C.II. The highest BCUT2D eigenvalue weighted by atomic mass is 128. The van der Waals surface area contributed by atoms with Gasteiger partial charge in [0.25, 0.3) is 0 Å². The van der Waals surface area contributed by atoms with E-state index in [1.54, 1.807) is 7.11 Å². The Hall–Kier alpha value is -0.340. The summed E-state index contributed by atoms with van der Waals surface area (Å²) in [5.74, 6) is 0.980. The maximum absolute atomic E-state index is 5.46. The van der Waals surface area contributed by atoms with Crippen molar-refractivity contribution in [2.75, 3.05) is 13.7 Å². The van der Waals surface area contributed by atoms with E-state index in [9.17, 15) is 0 Å². The molecule has 0 bridgehead atoms. The lowest BCUT2D eigenvalue weighted by molar-refractivity contribution is 0.410. The summed E-state index contributed by atoms with van der Waals surface area (Å²) in [6, 6.07) is 11.7. The van der Waals surface area contributed by atoms with Crippen molar-refractivity contribution in [2.45, 2.75) is 39.7 Å². The van der Waals surface area contributed by atoms with Crippen molar-refractivity contribution in [3.8, 4) is 5.75 Å². The number of hydrogen-bond donors (Lipinski definition) is 1. The van der Waals surface area contributed by atoms with Crippen molar-refractivity contribution in [2.24, 2.45) is 0 Å². The Kier molecular flexibility index (Phi) is 7.81. The van der Waals surface area contributed by atoms with Gasteiger partial charge in [0.15, 0.2) is 0 Å². The summed E-state index contributed by atoms with van der Waals surface area (Å²) in [5, 5.41) is 3.68. The molecule has 1 heterocycles. The van der Waals surface area contributed by atoms with Gasteiger partial charge in [0.2, 0.25) is 0 Å². The standard InChI is InChI=1S/C20H25NO.I2/c1-13-5-6-16(12-20(13)22-4)11-19-18-10-15(3)14(2)9-17(18)7-8-21-19;1-2/h5-6,9-10,12,19,21H,7-8,11H2,1-4H3;. The molecule has 0 amide bonds. The van der Waals surface area contributed by atoms with Gasteiger partial charge in [-0.1, -0.05) is 24.3 Å². The molecule has 1 aliphatic rings. The number of nitrogens with one attached hydrogen (secondary N) is 1. The fourth-order valence-corrected chi connectivity index (χ4v) is 3.34. The van der Waals surface area contributed by atoms with Crippen LogP contribution in [-0.4, -0.2) is 13.7 Å². The number of methoxy groups -OCH3 is 1. The second-order valence-corrected chi connectivity index (χ2v) is 6.40. The number of hydrogen-bond acceptors (Lipinski definition) is 2. The summed E-state index contributed by atoms with van der Waals surface area (Å²) in [6.45, 7) is 7.56. The number of rotatable bonds is 3. The Morgan fingerprint density at radius 3 is 2.46 bits per heavy atom. The first-order valence-electron chi connectivity index (χ1n) is 8.19. The summed E-state index contributed by atoms with van der Waals surface area (Å²) >= 11 is 4.24. The van der Waals surface area contributed by atoms with Gasteiger partial charge in [0, 0.05) is 43.3 Å². The van der Waals surface area contributed by atoms with Crippen LogP contribution in [0.25, 0.3) is 0 Å². The smallest absolute Gasteiger partial charge is 0.122 e. The zero-order valence-corrected chi connectivity index (χ0v) is 19.1. The molecule has 0 aromatic heterocycles. The lowest BCUT2D eigenvalue weighted by Crippen LogP contribution is -2.31. The quantitative estimate of drug-likeness (QED) is 0.488. The Balaban J connectivity index is 0.00000100. The van der Waals surface area contributed by atoms with Crippen LogP contribution < -0.4 is 10.1 Å². The summed E-state index contributed by atoms with van der Waals surface area (Å²) in [7, 11) is 1.74. The molecule has 1 unspecified atom stereocenters. The van der Waals surface area contributed by atoms with E-state index in [0.29, 0.717) is 6.04 Å². The Bertz CT molecular complexity index is 700. The fourth-order valence-electron chi connectivity index (χ4n) is 3.34. The van der Waals surface area contributed by atoms with E-state index < -0.39 is 0 Å². The molecule has 3 rings (SSSR count). The van der Waals surface area contributed by atoms with Crippen molar-refractivity contribution >= 4 is 37.2 Å². The van der Waals surface area contributed by atoms with Crippen molar-refractivity contribution < 1.29 is 4.74 Å². The number of fused-ring (bicyclic) bond motifs is 1. The van der Waals surface area contributed by atoms with E-state index in [2.05, 4.69) is 93.7 Å². The molecule has 4 heteroatoms. The first-order valence-corrected chi connectivity index (χ1v) is 14.5. The monoisotopic (exact) mass is 549 g/mol. The molecule has 1 N–H and O–H groups in total. The summed E-state index contributed by atoms with van der Waals surface area (Å²) < 4.78 is 5.46. The number of benzene rings is 2. The summed E-state index contributed by atoms with van der Waals surface area (Å²) in [4.78, 5) is 0. The molecule has 130 valence electrons. The molecule has 0 saturated heterocycles. The molecule has 1 aliphatic heterocycles. The highest BCUT2D eigenvalue weighted by molar-refractivity contribution is 15.0. The molecular formula is C20H25I2NO. The van der Waals surface area contributed by atoms with Gasteiger partial charge in [0.1, 0.15) is 5.75 Å². The predicted octanol–water partition coefficient (Wildman–Crippen LogP) is 5.82. The van der Waals surface area contributed by atoms with Crippen LogP contribution in [0.5, 0.6) is 5.75 Å². The van der Waals surface area contributed by atoms with E-state index in [1.165, 1.54) is 33.4 Å². The van der Waals surface area contributed by atoms with Crippen LogP contribution in [0.4, 0.5) is 0 Å². The van der Waals surface area contributed by atoms with Crippen molar-refractivity contribution in [3.05, 3.63) is 63.7 Å². The first-order chi connectivity index (χ1) is 11.6. The van der Waals surface area contributed by atoms with Gasteiger partial charge in [-0.05, 0) is 79.6 Å². The molecule has 0 radical (unpaired) electrons. The van der Waals surface area contributed by atoms with Crippen LogP contribution in [0.1, 0.15) is 39.4 Å². The van der Waals surface area contributed by atoms with Crippen molar-refractivity contribution in [3.63, 3.8) is 0 Å². The zero-order chi connectivity index (χ0) is 17.7. The van der Waals surface area contributed by atoms with Gasteiger partial charge < -0.3 is 10.1 Å². The predicted molar refractivity (Wildman–Crippen MR) is 120 cm³/mol. The third-order valence-electron chi connectivity index (χ3n) is 4.83. The number of halogens is 2. The zero-order valence-electron chi connectivity index (χ0n) is 14.7. The topological polar surface area (TPSA) is 21.3 Å². The normalized spacial score (nSPS) is 16.0. The minimum atomic E-state index is 0.399. The number of aryl methyl sites for hydroxylation is 3. The second-order valence-electron chi connectivity index (χ2n) is 6.40. The van der Waals surface area contributed by atoms with Gasteiger partial charge in [-0.3, -0.25) is 0 Å². The van der Waals surface area contributed by atoms with E-state index in [1.807, 2.05) is 0 Å². The molecule has 0 fully saturated rings. The van der Waals surface area contributed by atoms with E-state index in [0.717, 1.165) is 25.1 Å². The molecular weight excluding hydrogens is 524 g/mol. The summed E-state index contributed by atoms with van der Waals surface area (Å²) in [5.41, 5.74) is 8.27. The lowest BCUT2D eigenvalue weighted by Gasteiger charge is -2.28. The van der Waals surface area contributed by atoms with Crippen molar-refractivity contribution in [1.82, 2.24) is 5.32 Å². The Morgan fingerprint density at radius 1 is 1.04 bits per heavy atom. The van der Waals surface area contributed by atoms with Gasteiger partial charge in [-0.15, -0.1) is 0 Å². The molecule has 0 saturated carbocycles. The van der Waals surface area contributed by atoms with Crippen LogP contribution >= 0.6 is 37.2 Å². The van der Waals surface area contributed by atoms with Crippen LogP contribution in [0.3, 0.4) is 0 Å². The van der Waals surface area contributed by atoms with Crippen LogP contribution in [-0.2, 0) is 12.8 Å². The molecule has 0 aliphatic carbocycles. The first kappa shape index (κ1) is 20.0. The molecule has 2 aromatic carbocycles. The third-order valence-corrected chi connectivity index (χ3v) is 4.83. The highest BCUT2D eigenvalue weighted by Gasteiger charge is 2.21. The van der Waals surface area contributed by atoms with Gasteiger partial charge in [-0.2, -0.15) is 0 Å². The molecule has 2 nitrogen and oxygen atoms in total. The summed E-state index contributed by atoms with van der Waals surface area (Å²) in [6.07, 6.45) is 2.14. The third kappa shape index (κ3) is 4.64. The van der Waals surface area contributed by atoms with Gasteiger partial charge >= 0.3 is 0 Å². The molecule has 24 heavy (non-hydrogen) atoms.